The zero-order valence-electron chi connectivity index (χ0n) is 20.7. The van der Waals surface area contributed by atoms with E-state index in [2.05, 4.69) is 61.6 Å². The minimum atomic E-state index is -0.624. The number of hydrogen-bond acceptors (Lipinski definition) is 5. The van der Waals surface area contributed by atoms with Crippen LogP contribution in [0.5, 0.6) is 0 Å². The minimum Gasteiger partial charge on any atom is -0.469 e. The molecule has 2 atom stereocenters. The molecule has 0 saturated carbocycles. The second-order valence-corrected chi connectivity index (χ2v) is 9.53. The molecule has 3 aromatic carbocycles. The molecule has 3 rings (SSSR count). The molecule has 0 radical (unpaired) electrons. The summed E-state index contributed by atoms with van der Waals surface area (Å²) in [6, 6.07) is 22.9. The van der Waals surface area contributed by atoms with Crippen LogP contribution in [-0.4, -0.2) is 43.0 Å². The predicted octanol–water partition coefficient (Wildman–Crippen LogP) is 4.99. The topological polar surface area (TPSA) is 67.8 Å². The Kier molecular flexibility index (Phi) is 9.22. The summed E-state index contributed by atoms with van der Waals surface area (Å²) in [7, 11) is 1.40. The summed E-state index contributed by atoms with van der Waals surface area (Å²) in [5, 5.41) is 16.5. The van der Waals surface area contributed by atoms with Crippen molar-refractivity contribution >= 4 is 16.7 Å². The lowest BCUT2D eigenvalue weighted by Crippen LogP contribution is -2.46. The highest BCUT2D eigenvalue weighted by atomic mass is 16.5. The van der Waals surface area contributed by atoms with Gasteiger partial charge in [-0.2, -0.15) is 0 Å². The number of aliphatic hydroxyl groups is 1. The first kappa shape index (κ1) is 25.9. The van der Waals surface area contributed by atoms with Gasteiger partial charge in [-0.05, 0) is 61.1 Å². The lowest BCUT2D eigenvalue weighted by Gasteiger charge is -2.28. The molecule has 0 bridgehead atoms. The Balaban J connectivity index is 1.48. The summed E-state index contributed by atoms with van der Waals surface area (Å²) in [6.45, 7) is 6.94. The Morgan fingerprint density at radius 3 is 2.50 bits per heavy atom. The van der Waals surface area contributed by atoms with Gasteiger partial charge in [0.25, 0.3) is 0 Å². The van der Waals surface area contributed by atoms with Gasteiger partial charge in [-0.1, -0.05) is 66.7 Å². The largest absolute Gasteiger partial charge is 0.469 e. The van der Waals surface area contributed by atoms with Crippen molar-refractivity contribution in [2.24, 2.45) is 0 Å². The van der Waals surface area contributed by atoms with Gasteiger partial charge < -0.3 is 19.9 Å². The second-order valence-electron chi connectivity index (χ2n) is 9.53. The fourth-order valence-electron chi connectivity index (χ4n) is 4.22. The van der Waals surface area contributed by atoms with Gasteiger partial charge in [0.05, 0.1) is 25.9 Å². The zero-order valence-corrected chi connectivity index (χ0v) is 20.7. The molecule has 5 nitrogen and oxygen atoms in total. The van der Waals surface area contributed by atoms with Gasteiger partial charge in [-0.3, -0.25) is 4.79 Å². The van der Waals surface area contributed by atoms with E-state index < -0.39 is 6.10 Å². The Labute approximate surface area is 203 Å². The highest BCUT2D eigenvalue weighted by molar-refractivity contribution is 5.83. The molecular weight excluding hydrogens is 426 g/mol. The molecule has 2 N–H and O–H groups in total. The van der Waals surface area contributed by atoms with E-state index in [0.29, 0.717) is 19.4 Å². The standard InChI is InChI=1S/C29H37NO4/c1-21(27-12-8-7-10-24(27)15-16-28(32)33-4)34-20-26(31)19-30-29(2,3)18-22-13-14-23-9-5-6-11-25(23)17-22/h5-14,17,21,26,30-31H,15-16,18-20H2,1-4H3/t21-,26+/m1/s1. The average Bonchev–Trinajstić information content (AvgIpc) is 2.84. The van der Waals surface area contributed by atoms with E-state index in [0.717, 1.165) is 17.5 Å². The number of esters is 1. The number of rotatable bonds is 12. The monoisotopic (exact) mass is 463 g/mol. The summed E-state index contributed by atoms with van der Waals surface area (Å²) in [5.74, 6) is -0.226. The lowest BCUT2D eigenvalue weighted by molar-refractivity contribution is -0.140. The number of carbonyl (C=O) groups excluding carboxylic acids is 1. The van der Waals surface area contributed by atoms with Crippen molar-refractivity contribution in [2.75, 3.05) is 20.3 Å². The van der Waals surface area contributed by atoms with Crippen LogP contribution in [-0.2, 0) is 27.1 Å². The molecule has 3 aromatic rings. The zero-order chi connectivity index (χ0) is 24.6. The average molecular weight is 464 g/mol. The Morgan fingerprint density at radius 2 is 1.74 bits per heavy atom. The number of methoxy groups -OCH3 is 1. The van der Waals surface area contributed by atoms with Crippen LogP contribution in [0.4, 0.5) is 0 Å². The Bertz CT molecular complexity index is 1080. The lowest BCUT2D eigenvalue weighted by atomic mass is 9.93. The molecule has 0 spiro atoms. The van der Waals surface area contributed by atoms with E-state index in [4.69, 9.17) is 9.47 Å². The van der Waals surface area contributed by atoms with E-state index in [1.165, 1.54) is 23.4 Å². The van der Waals surface area contributed by atoms with Crippen molar-refractivity contribution in [2.45, 2.75) is 57.8 Å². The number of nitrogens with one attached hydrogen (secondary N) is 1. The van der Waals surface area contributed by atoms with Crippen molar-refractivity contribution in [1.82, 2.24) is 5.32 Å². The highest BCUT2D eigenvalue weighted by Gasteiger charge is 2.20. The SMILES string of the molecule is COC(=O)CCc1ccccc1[C@@H](C)OC[C@@H](O)CNC(C)(C)Cc1ccc2ccccc2c1. The quantitative estimate of drug-likeness (QED) is 0.370. The molecular formula is C29H37NO4. The summed E-state index contributed by atoms with van der Waals surface area (Å²) in [5.41, 5.74) is 3.18. The summed E-state index contributed by atoms with van der Waals surface area (Å²) < 4.78 is 10.7. The van der Waals surface area contributed by atoms with Gasteiger partial charge in [0.15, 0.2) is 0 Å². The third-order valence-electron chi connectivity index (χ3n) is 6.13. The van der Waals surface area contributed by atoms with Gasteiger partial charge in [-0.25, -0.2) is 0 Å². The van der Waals surface area contributed by atoms with Gasteiger partial charge in [0, 0.05) is 18.5 Å². The van der Waals surface area contributed by atoms with E-state index in [1.807, 2.05) is 31.2 Å². The van der Waals surface area contributed by atoms with Crippen LogP contribution < -0.4 is 5.32 Å². The number of β-amino-alcohol motifs (C(OH)–C–C–N with tert-alkyl or cyclic N) is 1. The molecule has 0 aliphatic rings. The fraction of sp³-hybridized carbons (Fsp3) is 0.414. The number of fused-ring (bicyclic) bond motifs is 1. The number of ether oxygens (including phenoxy) is 2. The van der Waals surface area contributed by atoms with Crippen molar-refractivity contribution in [3.63, 3.8) is 0 Å². The minimum absolute atomic E-state index is 0.171. The maximum atomic E-state index is 11.5. The summed E-state index contributed by atoms with van der Waals surface area (Å²) in [4.78, 5) is 11.5. The van der Waals surface area contributed by atoms with E-state index >= 15 is 0 Å². The first-order chi connectivity index (χ1) is 16.3. The van der Waals surface area contributed by atoms with Crippen molar-refractivity contribution < 1.29 is 19.4 Å². The van der Waals surface area contributed by atoms with Gasteiger partial charge in [0.1, 0.15) is 0 Å². The number of carbonyl (C=O) groups is 1. The van der Waals surface area contributed by atoms with Crippen molar-refractivity contribution in [3.8, 4) is 0 Å². The third kappa shape index (κ3) is 7.66. The Hall–Kier alpha value is -2.73. The number of benzene rings is 3. The smallest absolute Gasteiger partial charge is 0.305 e. The van der Waals surface area contributed by atoms with Crippen molar-refractivity contribution in [1.29, 1.82) is 0 Å². The molecule has 0 amide bonds. The van der Waals surface area contributed by atoms with Crippen LogP contribution in [0.15, 0.2) is 66.7 Å². The van der Waals surface area contributed by atoms with Crippen LogP contribution in [0.1, 0.15) is 50.0 Å². The van der Waals surface area contributed by atoms with E-state index in [-0.39, 0.29) is 24.2 Å². The number of aryl methyl sites for hydroxylation is 1. The summed E-state index contributed by atoms with van der Waals surface area (Å²) >= 11 is 0. The number of hydrogen-bond donors (Lipinski definition) is 2. The highest BCUT2D eigenvalue weighted by Crippen LogP contribution is 2.23. The van der Waals surface area contributed by atoms with Crippen LogP contribution in [0.25, 0.3) is 10.8 Å². The maximum absolute atomic E-state index is 11.5. The molecule has 0 unspecified atom stereocenters. The molecule has 0 fully saturated rings. The molecule has 0 saturated heterocycles. The molecule has 5 heteroatoms. The second kappa shape index (κ2) is 12.1. The molecule has 182 valence electrons. The number of aliphatic hydroxyl groups excluding tert-OH is 1. The first-order valence-corrected chi connectivity index (χ1v) is 11.9. The van der Waals surface area contributed by atoms with Crippen molar-refractivity contribution in [3.05, 3.63) is 83.4 Å². The van der Waals surface area contributed by atoms with Crippen LogP contribution in [0, 0.1) is 0 Å². The van der Waals surface area contributed by atoms with Crippen LogP contribution >= 0.6 is 0 Å². The third-order valence-corrected chi connectivity index (χ3v) is 6.13. The van der Waals surface area contributed by atoms with Gasteiger partial charge >= 0.3 is 5.97 Å². The van der Waals surface area contributed by atoms with Crippen LogP contribution in [0.3, 0.4) is 0 Å². The molecule has 0 aliphatic carbocycles. The van der Waals surface area contributed by atoms with Gasteiger partial charge in [0.2, 0.25) is 0 Å². The molecule has 0 heterocycles. The molecule has 34 heavy (non-hydrogen) atoms. The maximum Gasteiger partial charge on any atom is 0.305 e. The van der Waals surface area contributed by atoms with Crippen LogP contribution in [0.2, 0.25) is 0 Å². The summed E-state index contributed by atoms with van der Waals surface area (Å²) in [6.07, 6.45) is 0.979. The predicted molar refractivity (Wildman–Crippen MR) is 137 cm³/mol. The Morgan fingerprint density at radius 1 is 1.03 bits per heavy atom. The molecule has 0 aliphatic heterocycles. The molecule has 0 aromatic heterocycles. The first-order valence-electron chi connectivity index (χ1n) is 11.9. The van der Waals surface area contributed by atoms with Gasteiger partial charge in [-0.15, -0.1) is 0 Å². The normalized spacial score (nSPS) is 13.6. The fourth-order valence-corrected chi connectivity index (χ4v) is 4.22. The van der Waals surface area contributed by atoms with E-state index in [9.17, 15) is 9.90 Å². The van der Waals surface area contributed by atoms with E-state index in [1.54, 1.807) is 0 Å².